The van der Waals surface area contributed by atoms with Gasteiger partial charge in [0.1, 0.15) is 6.42 Å². The Hall–Kier alpha value is -2.03. The fraction of sp³-hybridized carbons (Fsp3) is 0.583. The summed E-state index contributed by atoms with van der Waals surface area (Å²) in [5.41, 5.74) is 0. The summed E-state index contributed by atoms with van der Waals surface area (Å²) in [6, 6.07) is 0. The molecule has 0 aliphatic carbocycles. The van der Waals surface area contributed by atoms with Gasteiger partial charge in [-0.05, 0) is 13.3 Å². The number of carbonyl (C=O) groups is 3. The van der Waals surface area contributed by atoms with Crippen LogP contribution in [-0.2, 0) is 23.9 Å². The molecule has 0 rings (SSSR count). The molecule has 0 unspecified atom stereocenters. The number of hydrogen-bond donors (Lipinski definition) is 1. The Morgan fingerprint density at radius 2 is 1.94 bits per heavy atom. The molecule has 0 saturated heterocycles. The van der Waals surface area contributed by atoms with Gasteiger partial charge in [0, 0.05) is 0 Å². The first-order chi connectivity index (χ1) is 8.64. The Bertz CT molecular complexity index is 231. The van der Waals surface area contributed by atoms with Gasteiger partial charge in [0.25, 0.3) is 12.9 Å². The molecule has 1 N–H and O–H groups in total. The van der Waals surface area contributed by atoms with Crippen LogP contribution in [0.1, 0.15) is 33.1 Å². The van der Waals surface area contributed by atoms with Gasteiger partial charge in [0.05, 0.1) is 13.2 Å². The van der Waals surface area contributed by atoms with Crippen molar-refractivity contribution in [2.45, 2.75) is 33.1 Å². The summed E-state index contributed by atoms with van der Waals surface area (Å²) >= 11 is 0. The van der Waals surface area contributed by atoms with Gasteiger partial charge in [-0.2, -0.15) is 0 Å². The van der Waals surface area contributed by atoms with E-state index in [9.17, 15) is 9.59 Å². The average Bonchev–Trinajstić information content (AvgIpc) is 2.32. The molecular weight excluding hydrogens is 240 g/mol. The Kier molecular flexibility index (Phi) is 28.7. The third-order valence-electron chi connectivity index (χ3n) is 1.24. The van der Waals surface area contributed by atoms with E-state index in [4.69, 9.17) is 16.3 Å². The van der Waals surface area contributed by atoms with Crippen molar-refractivity contribution >= 4 is 18.9 Å². The molecule has 0 amide bonds. The molecule has 0 saturated carbocycles. The average molecular weight is 260 g/mol. The van der Waals surface area contributed by atoms with Gasteiger partial charge in [-0.15, -0.1) is 6.42 Å². The zero-order valence-electron chi connectivity index (χ0n) is 10.8. The van der Waals surface area contributed by atoms with Gasteiger partial charge in [-0.1, -0.05) is 19.3 Å². The maximum absolute atomic E-state index is 10.3. The molecule has 0 aromatic heterocycles. The molecule has 6 heteroatoms. The van der Waals surface area contributed by atoms with E-state index in [0.29, 0.717) is 19.7 Å². The fourth-order valence-corrected chi connectivity index (χ4v) is 0.571. The number of carbonyl (C=O) groups excluding carboxylic acids is 2. The Morgan fingerprint density at radius 1 is 1.39 bits per heavy atom. The van der Waals surface area contributed by atoms with Gasteiger partial charge in [-0.3, -0.25) is 14.4 Å². The highest BCUT2D eigenvalue weighted by molar-refractivity contribution is 5.72. The zero-order valence-corrected chi connectivity index (χ0v) is 10.8. The minimum atomic E-state index is -0.324. The first kappa shape index (κ1) is 21.3. The van der Waals surface area contributed by atoms with Crippen molar-refractivity contribution in [3.63, 3.8) is 0 Å². The minimum Gasteiger partial charge on any atom is -0.483 e. The predicted octanol–water partition coefficient (Wildman–Crippen LogP) is 1.23. The second kappa shape index (κ2) is 24.3. The van der Waals surface area contributed by atoms with Crippen molar-refractivity contribution < 1.29 is 29.0 Å². The summed E-state index contributed by atoms with van der Waals surface area (Å²) in [4.78, 5) is 28.1. The predicted molar refractivity (Wildman–Crippen MR) is 65.7 cm³/mol. The first-order valence-electron chi connectivity index (χ1n) is 5.36. The second-order valence-corrected chi connectivity index (χ2v) is 2.61. The van der Waals surface area contributed by atoms with Crippen molar-refractivity contribution in [2.24, 2.45) is 0 Å². The molecule has 0 fully saturated rings. The summed E-state index contributed by atoms with van der Waals surface area (Å²) in [5, 5.41) is 6.89. The third-order valence-corrected chi connectivity index (χ3v) is 1.24. The van der Waals surface area contributed by atoms with Crippen molar-refractivity contribution in [1.82, 2.24) is 0 Å². The number of esters is 1. The molecule has 0 atom stereocenters. The van der Waals surface area contributed by atoms with E-state index in [1.807, 2.05) is 6.92 Å². The molecule has 6 nitrogen and oxygen atoms in total. The lowest BCUT2D eigenvalue weighted by molar-refractivity contribution is -0.141. The van der Waals surface area contributed by atoms with Crippen LogP contribution in [0.15, 0.2) is 0 Å². The number of carboxylic acid groups (broad SMARTS) is 1. The molecular formula is C12H20O6. The standard InChI is InChI=1S/C6H8O2.C5H10O2.CH2O2/c1-3-5-6(7)8-4-2;1-2-3-4-7-5-6;2-1-3/h1H,4-5H2,2H3;5H,2-4H2,1H3;1H,(H,2,3). The van der Waals surface area contributed by atoms with Gasteiger partial charge in [-0.25, -0.2) is 0 Å². The largest absolute Gasteiger partial charge is 0.483 e. The quantitative estimate of drug-likeness (QED) is 0.334. The molecule has 104 valence electrons. The Morgan fingerprint density at radius 3 is 2.28 bits per heavy atom. The van der Waals surface area contributed by atoms with Crippen LogP contribution in [0, 0.1) is 12.3 Å². The highest BCUT2D eigenvalue weighted by Gasteiger charge is 1.93. The van der Waals surface area contributed by atoms with Crippen LogP contribution in [-0.4, -0.2) is 37.2 Å². The van der Waals surface area contributed by atoms with Gasteiger partial charge in [0.15, 0.2) is 0 Å². The first-order valence-corrected chi connectivity index (χ1v) is 5.36. The molecule has 0 bridgehead atoms. The molecule has 0 aliphatic rings. The van der Waals surface area contributed by atoms with Crippen LogP contribution < -0.4 is 0 Å². The zero-order chi connectivity index (χ0) is 14.6. The van der Waals surface area contributed by atoms with Crippen molar-refractivity contribution in [1.29, 1.82) is 0 Å². The van der Waals surface area contributed by atoms with Crippen molar-refractivity contribution in [2.75, 3.05) is 13.2 Å². The van der Waals surface area contributed by atoms with E-state index in [2.05, 4.69) is 15.4 Å². The molecule has 0 radical (unpaired) electrons. The molecule has 0 spiro atoms. The molecule has 0 aromatic carbocycles. The van der Waals surface area contributed by atoms with E-state index in [-0.39, 0.29) is 18.9 Å². The second-order valence-electron chi connectivity index (χ2n) is 2.61. The summed E-state index contributed by atoms with van der Waals surface area (Å²) in [5.74, 6) is 1.85. The molecule has 0 aromatic rings. The Balaban J connectivity index is -0.000000207. The monoisotopic (exact) mass is 260 g/mol. The van der Waals surface area contributed by atoms with E-state index >= 15 is 0 Å². The van der Waals surface area contributed by atoms with E-state index in [1.165, 1.54) is 0 Å². The van der Waals surface area contributed by atoms with Crippen LogP contribution in [0.25, 0.3) is 0 Å². The van der Waals surface area contributed by atoms with Crippen LogP contribution in [0.3, 0.4) is 0 Å². The number of terminal acetylenes is 1. The number of rotatable bonds is 6. The summed E-state index contributed by atoms with van der Waals surface area (Å²) in [6.45, 7) is 5.00. The number of ether oxygens (including phenoxy) is 2. The highest BCUT2D eigenvalue weighted by atomic mass is 16.5. The van der Waals surface area contributed by atoms with E-state index in [1.54, 1.807) is 6.92 Å². The maximum atomic E-state index is 10.3. The topological polar surface area (TPSA) is 89.9 Å². The number of unbranched alkanes of at least 4 members (excludes halogenated alkanes) is 1. The van der Waals surface area contributed by atoms with Crippen molar-refractivity contribution in [3.05, 3.63) is 0 Å². The lowest BCUT2D eigenvalue weighted by Crippen LogP contribution is -2.01. The third kappa shape index (κ3) is 37.0. The van der Waals surface area contributed by atoms with Crippen LogP contribution in [0.4, 0.5) is 0 Å². The van der Waals surface area contributed by atoms with Gasteiger partial charge >= 0.3 is 5.97 Å². The normalized spacial score (nSPS) is 7.17. The smallest absolute Gasteiger partial charge is 0.317 e. The minimum absolute atomic E-state index is 0.0772. The summed E-state index contributed by atoms with van der Waals surface area (Å²) in [7, 11) is 0. The lowest BCUT2D eigenvalue weighted by Gasteiger charge is -1.93. The highest BCUT2D eigenvalue weighted by Crippen LogP contribution is 1.83. The molecule has 0 heterocycles. The van der Waals surface area contributed by atoms with Crippen LogP contribution in [0.2, 0.25) is 0 Å². The SMILES string of the molecule is C#CCC(=O)OCC.CCCCOC=O.O=CO. The number of hydrogen-bond acceptors (Lipinski definition) is 5. The summed E-state index contributed by atoms with van der Waals surface area (Å²) in [6.07, 6.45) is 6.93. The van der Waals surface area contributed by atoms with E-state index in [0.717, 1.165) is 12.8 Å². The fourth-order valence-electron chi connectivity index (χ4n) is 0.571. The molecule has 0 aliphatic heterocycles. The Labute approximate surface area is 107 Å². The summed E-state index contributed by atoms with van der Waals surface area (Å²) < 4.78 is 8.89. The van der Waals surface area contributed by atoms with Gasteiger partial charge < -0.3 is 14.6 Å². The maximum Gasteiger partial charge on any atom is 0.317 e. The van der Waals surface area contributed by atoms with Crippen molar-refractivity contribution in [3.8, 4) is 12.3 Å². The lowest BCUT2D eigenvalue weighted by atomic mass is 10.4. The van der Waals surface area contributed by atoms with Crippen LogP contribution >= 0.6 is 0 Å². The molecule has 18 heavy (non-hydrogen) atoms. The van der Waals surface area contributed by atoms with Gasteiger partial charge in [0.2, 0.25) is 0 Å². The van der Waals surface area contributed by atoms with Crippen LogP contribution in [0.5, 0.6) is 0 Å². The van der Waals surface area contributed by atoms with E-state index < -0.39 is 0 Å².